The number of amides is 1. The van der Waals surface area contributed by atoms with Crippen molar-refractivity contribution in [1.29, 1.82) is 0 Å². The molecule has 0 bridgehead atoms. The topological polar surface area (TPSA) is 84.6 Å². The van der Waals surface area contributed by atoms with Crippen molar-refractivity contribution in [3.63, 3.8) is 0 Å². The number of hydrazone groups is 1. The first-order valence-corrected chi connectivity index (χ1v) is 6.21. The molecule has 0 aliphatic carbocycles. The molecule has 0 atom stereocenters. The summed E-state index contributed by atoms with van der Waals surface area (Å²) in [6, 6.07) is 13.1. The molecular weight excluding hydrogens is 270 g/mol. The van der Waals surface area contributed by atoms with E-state index in [2.05, 4.69) is 10.5 Å². The first-order valence-electron chi connectivity index (χ1n) is 6.21. The molecule has 0 saturated heterocycles. The molecule has 1 amide bonds. The lowest BCUT2D eigenvalue weighted by molar-refractivity contribution is -0.384. The number of nitro benzene ring substituents is 1. The van der Waals surface area contributed by atoms with E-state index in [1.165, 1.54) is 18.3 Å². The summed E-state index contributed by atoms with van der Waals surface area (Å²) in [5, 5.41) is 14.4. The van der Waals surface area contributed by atoms with Crippen LogP contribution in [0.15, 0.2) is 53.6 Å². The number of benzene rings is 2. The fraction of sp³-hybridized carbons (Fsp3) is 0.0667. The fourth-order valence-corrected chi connectivity index (χ4v) is 1.65. The molecule has 0 unspecified atom stereocenters. The highest BCUT2D eigenvalue weighted by molar-refractivity contribution is 5.94. The van der Waals surface area contributed by atoms with Crippen LogP contribution in [-0.2, 0) is 0 Å². The zero-order valence-corrected chi connectivity index (χ0v) is 11.3. The van der Waals surface area contributed by atoms with Crippen LogP contribution in [0, 0.1) is 17.0 Å². The summed E-state index contributed by atoms with van der Waals surface area (Å²) < 4.78 is 0. The monoisotopic (exact) mass is 283 g/mol. The lowest BCUT2D eigenvalue weighted by Gasteiger charge is -2.00. The van der Waals surface area contributed by atoms with E-state index in [0.29, 0.717) is 11.1 Å². The average Bonchev–Trinajstić information content (AvgIpc) is 2.48. The molecule has 0 spiro atoms. The number of carbonyl (C=O) groups is 1. The zero-order chi connectivity index (χ0) is 15.2. The molecule has 21 heavy (non-hydrogen) atoms. The van der Waals surface area contributed by atoms with Gasteiger partial charge in [0.2, 0.25) is 0 Å². The molecule has 6 heteroatoms. The van der Waals surface area contributed by atoms with Crippen molar-refractivity contribution in [2.75, 3.05) is 0 Å². The summed E-state index contributed by atoms with van der Waals surface area (Å²) in [5.41, 5.74) is 4.45. The molecular formula is C15H13N3O3. The molecule has 1 N–H and O–H groups in total. The van der Waals surface area contributed by atoms with Crippen LogP contribution in [0.2, 0.25) is 0 Å². The number of aryl methyl sites for hydroxylation is 1. The summed E-state index contributed by atoms with van der Waals surface area (Å²) in [6.45, 7) is 1.93. The number of hydrogen-bond donors (Lipinski definition) is 1. The highest BCUT2D eigenvalue weighted by Crippen LogP contribution is 2.11. The Morgan fingerprint density at radius 2 is 1.95 bits per heavy atom. The van der Waals surface area contributed by atoms with Gasteiger partial charge in [-0.1, -0.05) is 29.8 Å². The summed E-state index contributed by atoms with van der Waals surface area (Å²) in [6.07, 6.45) is 1.36. The van der Waals surface area contributed by atoms with Crippen LogP contribution >= 0.6 is 0 Å². The zero-order valence-electron chi connectivity index (χ0n) is 11.3. The Morgan fingerprint density at radius 1 is 1.24 bits per heavy atom. The quantitative estimate of drug-likeness (QED) is 0.532. The Bertz CT molecular complexity index is 694. The smallest absolute Gasteiger partial charge is 0.267 e. The third kappa shape index (κ3) is 3.97. The van der Waals surface area contributed by atoms with Crippen molar-refractivity contribution >= 4 is 17.8 Å². The van der Waals surface area contributed by atoms with Gasteiger partial charge in [-0.2, -0.15) is 5.10 Å². The number of hydrogen-bond acceptors (Lipinski definition) is 4. The molecule has 2 aromatic rings. The third-order valence-electron chi connectivity index (χ3n) is 2.77. The molecule has 106 valence electrons. The summed E-state index contributed by atoms with van der Waals surface area (Å²) >= 11 is 0. The van der Waals surface area contributed by atoms with E-state index >= 15 is 0 Å². The molecule has 0 aliphatic heterocycles. The van der Waals surface area contributed by atoms with Crippen molar-refractivity contribution in [2.24, 2.45) is 5.10 Å². The van der Waals surface area contributed by atoms with Crippen molar-refractivity contribution in [2.45, 2.75) is 6.92 Å². The Balaban J connectivity index is 2.02. The third-order valence-corrected chi connectivity index (χ3v) is 2.77. The first kappa shape index (κ1) is 14.4. The van der Waals surface area contributed by atoms with E-state index < -0.39 is 4.92 Å². The lowest BCUT2D eigenvalue weighted by Crippen LogP contribution is -2.17. The second-order valence-corrected chi connectivity index (χ2v) is 4.42. The van der Waals surface area contributed by atoms with Gasteiger partial charge in [-0.05, 0) is 19.1 Å². The number of nitrogens with one attached hydrogen (secondary N) is 1. The summed E-state index contributed by atoms with van der Waals surface area (Å²) in [4.78, 5) is 21.9. The minimum atomic E-state index is -0.484. The lowest BCUT2D eigenvalue weighted by atomic mass is 10.1. The highest BCUT2D eigenvalue weighted by atomic mass is 16.6. The van der Waals surface area contributed by atoms with Gasteiger partial charge in [0.25, 0.3) is 11.6 Å². The Kier molecular flexibility index (Phi) is 4.40. The van der Waals surface area contributed by atoms with Crippen molar-refractivity contribution in [3.05, 3.63) is 75.3 Å². The van der Waals surface area contributed by atoms with Crippen LogP contribution in [0.25, 0.3) is 0 Å². The standard InChI is InChI=1S/C15H13N3O3/c1-11-5-7-13(8-6-11)15(19)17-16-10-12-3-2-4-14(9-12)18(20)21/h2-10H,1H3,(H,17,19)/b16-10+. The van der Waals surface area contributed by atoms with Crippen LogP contribution in [0.1, 0.15) is 21.5 Å². The van der Waals surface area contributed by atoms with Gasteiger partial charge in [0, 0.05) is 23.3 Å². The van der Waals surface area contributed by atoms with E-state index in [0.717, 1.165) is 5.56 Å². The molecule has 0 heterocycles. The highest BCUT2D eigenvalue weighted by Gasteiger charge is 2.05. The predicted octanol–water partition coefficient (Wildman–Crippen LogP) is 2.67. The van der Waals surface area contributed by atoms with Crippen LogP contribution in [0.5, 0.6) is 0 Å². The van der Waals surface area contributed by atoms with Crippen LogP contribution in [-0.4, -0.2) is 17.0 Å². The van der Waals surface area contributed by atoms with Gasteiger partial charge in [0.1, 0.15) is 0 Å². The summed E-state index contributed by atoms with van der Waals surface area (Å²) in [5.74, 6) is -0.336. The Hall–Kier alpha value is -3.02. The average molecular weight is 283 g/mol. The van der Waals surface area contributed by atoms with Gasteiger partial charge < -0.3 is 0 Å². The Morgan fingerprint density at radius 3 is 2.62 bits per heavy atom. The number of rotatable bonds is 4. The second-order valence-electron chi connectivity index (χ2n) is 4.42. The number of nitro groups is 1. The normalized spacial score (nSPS) is 10.5. The van der Waals surface area contributed by atoms with Crippen LogP contribution in [0.4, 0.5) is 5.69 Å². The molecule has 6 nitrogen and oxygen atoms in total. The van der Waals surface area contributed by atoms with Gasteiger partial charge in [-0.25, -0.2) is 5.43 Å². The van der Waals surface area contributed by atoms with Crippen LogP contribution < -0.4 is 5.43 Å². The maximum Gasteiger partial charge on any atom is 0.271 e. The van der Waals surface area contributed by atoms with E-state index in [1.54, 1.807) is 24.3 Å². The largest absolute Gasteiger partial charge is 0.271 e. The summed E-state index contributed by atoms with van der Waals surface area (Å²) in [7, 11) is 0. The minimum absolute atomic E-state index is 0.0242. The molecule has 0 aliphatic rings. The molecule has 0 fully saturated rings. The van der Waals surface area contributed by atoms with E-state index in [-0.39, 0.29) is 11.6 Å². The van der Waals surface area contributed by atoms with E-state index in [9.17, 15) is 14.9 Å². The minimum Gasteiger partial charge on any atom is -0.267 e. The molecule has 2 rings (SSSR count). The maximum absolute atomic E-state index is 11.8. The number of carbonyl (C=O) groups excluding carboxylic acids is 1. The van der Waals surface area contributed by atoms with E-state index in [1.807, 2.05) is 19.1 Å². The van der Waals surface area contributed by atoms with Crippen molar-refractivity contribution < 1.29 is 9.72 Å². The first-order chi connectivity index (χ1) is 10.1. The van der Waals surface area contributed by atoms with E-state index in [4.69, 9.17) is 0 Å². The molecule has 0 aromatic heterocycles. The Labute approximate surface area is 121 Å². The molecule has 0 radical (unpaired) electrons. The van der Waals surface area contributed by atoms with Gasteiger partial charge >= 0.3 is 0 Å². The SMILES string of the molecule is Cc1ccc(C(=O)N/N=C/c2cccc([N+](=O)[O-])c2)cc1. The van der Waals surface area contributed by atoms with Crippen LogP contribution in [0.3, 0.4) is 0 Å². The van der Waals surface area contributed by atoms with Crippen molar-refractivity contribution in [3.8, 4) is 0 Å². The maximum atomic E-state index is 11.8. The van der Waals surface area contributed by atoms with Gasteiger partial charge in [-0.3, -0.25) is 14.9 Å². The van der Waals surface area contributed by atoms with Gasteiger partial charge in [0.05, 0.1) is 11.1 Å². The predicted molar refractivity (Wildman–Crippen MR) is 79.3 cm³/mol. The second kappa shape index (κ2) is 6.42. The number of nitrogens with zero attached hydrogens (tertiary/aromatic N) is 2. The van der Waals surface area contributed by atoms with Gasteiger partial charge in [-0.15, -0.1) is 0 Å². The molecule has 2 aromatic carbocycles. The van der Waals surface area contributed by atoms with Crippen molar-refractivity contribution in [1.82, 2.24) is 5.43 Å². The number of non-ortho nitro benzene ring substituents is 1. The fourth-order valence-electron chi connectivity index (χ4n) is 1.65. The van der Waals surface area contributed by atoms with Gasteiger partial charge in [0.15, 0.2) is 0 Å². The molecule has 0 saturated carbocycles.